The van der Waals surface area contributed by atoms with Crippen LogP contribution in [0.15, 0.2) is 30.3 Å². The summed E-state index contributed by atoms with van der Waals surface area (Å²) in [4.78, 5) is 6.36. The summed E-state index contributed by atoms with van der Waals surface area (Å²) >= 11 is 0. The number of benzene rings is 1. The minimum absolute atomic E-state index is 0.179. The van der Waals surface area contributed by atoms with Gasteiger partial charge in [0.25, 0.3) is 0 Å². The number of anilines is 2. The summed E-state index contributed by atoms with van der Waals surface area (Å²) in [6.45, 7) is 2.53. The number of aryl methyl sites for hydroxylation is 1. The van der Waals surface area contributed by atoms with Crippen LogP contribution in [0.1, 0.15) is 11.4 Å². The minimum Gasteiger partial charge on any atom is -0.494 e. The molecule has 1 aromatic heterocycles. The molecule has 1 heterocycles. The second-order valence-electron chi connectivity index (χ2n) is 4.67. The fourth-order valence-corrected chi connectivity index (χ4v) is 2.06. The van der Waals surface area contributed by atoms with Crippen molar-refractivity contribution in [3.63, 3.8) is 0 Å². The van der Waals surface area contributed by atoms with Gasteiger partial charge < -0.3 is 15.4 Å². The van der Waals surface area contributed by atoms with Crippen molar-refractivity contribution in [1.29, 1.82) is 0 Å². The van der Waals surface area contributed by atoms with Gasteiger partial charge in [-0.05, 0) is 19.1 Å². The van der Waals surface area contributed by atoms with Crippen molar-refractivity contribution in [2.45, 2.75) is 13.5 Å². The van der Waals surface area contributed by atoms with Crippen molar-refractivity contribution < 1.29 is 9.13 Å². The van der Waals surface area contributed by atoms with Gasteiger partial charge in [0.05, 0.1) is 30.7 Å². The van der Waals surface area contributed by atoms with E-state index < -0.39 is 5.82 Å². The summed E-state index contributed by atoms with van der Waals surface area (Å²) in [6, 6.07) is 8.72. The van der Waals surface area contributed by atoms with Crippen LogP contribution in [0.25, 0.3) is 0 Å². The number of hydrogen-bond acceptors (Lipinski definition) is 4. The topological polar surface area (TPSA) is 51.4 Å². The molecule has 0 saturated heterocycles. The lowest BCUT2D eigenvalue weighted by Crippen LogP contribution is -2.19. The van der Waals surface area contributed by atoms with Gasteiger partial charge in [0.2, 0.25) is 0 Å². The van der Waals surface area contributed by atoms with Crippen molar-refractivity contribution in [3.8, 4) is 5.75 Å². The molecule has 0 unspecified atom stereocenters. The average molecular weight is 275 g/mol. The molecule has 2 N–H and O–H groups in total. The van der Waals surface area contributed by atoms with Crippen LogP contribution in [0.5, 0.6) is 5.75 Å². The number of aromatic nitrogens is 1. The number of pyridine rings is 1. The second kappa shape index (κ2) is 5.77. The largest absolute Gasteiger partial charge is 0.494 e. The molecule has 20 heavy (non-hydrogen) atoms. The fourth-order valence-electron chi connectivity index (χ4n) is 2.06. The van der Waals surface area contributed by atoms with Gasteiger partial charge in [0.15, 0.2) is 11.6 Å². The van der Waals surface area contributed by atoms with Crippen LogP contribution >= 0.6 is 0 Å². The highest BCUT2D eigenvalue weighted by Crippen LogP contribution is 2.30. The van der Waals surface area contributed by atoms with E-state index in [9.17, 15) is 4.39 Å². The normalized spacial score (nSPS) is 10.4. The van der Waals surface area contributed by atoms with E-state index in [1.54, 1.807) is 6.07 Å². The Labute approximate surface area is 118 Å². The number of rotatable bonds is 4. The Morgan fingerprint density at radius 1 is 1.35 bits per heavy atom. The molecule has 0 atom stereocenters. The number of ether oxygens (including phenoxy) is 1. The van der Waals surface area contributed by atoms with Crippen LogP contribution < -0.4 is 15.4 Å². The van der Waals surface area contributed by atoms with Crippen molar-refractivity contribution in [3.05, 3.63) is 47.5 Å². The predicted octanol–water partition coefficient (Wildman–Crippen LogP) is 2.76. The van der Waals surface area contributed by atoms with Gasteiger partial charge in [-0.25, -0.2) is 4.39 Å². The van der Waals surface area contributed by atoms with Gasteiger partial charge in [-0.15, -0.1) is 0 Å². The first-order chi connectivity index (χ1) is 9.51. The monoisotopic (exact) mass is 275 g/mol. The van der Waals surface area contributed by atoms with Gasteiger partial charge in [0, 0.05) is 24.9 Å². The molecule has 0 amide bonds. The molecule has 0 aliphatic carbocycles. The third-order valence-electron chi connectivity index (χ3n) is 3.06. The number of nitrogens with zero attached hydrogens (tertiary/aromatic N) is 2. The van der Waals surface area contributed by atoms with E-state index >= 15 is 0 Å². The highest BCUT2D eigenvalue weighted by atomic mass is 19.1. The molecule has 2 aromatic rings. The van der Waals surface area contributed by atoms with E-state index in [-0.39, 0.29) is 5.75 Å². The first kappa shape index (κ1) is 14.1. The molecule has 106 valence electrons. The van der Waals surface area contributed by atoms with E-state index in [1.165, 1.54) is 13.2 Å². The van der Waals surface area contributed by atoms with Gasteiger partial charge in [-0.1, -0.05) is 6.07 Å². The van der Waals surface area contributed by atoms with E-state index in [1.807, 2.05) is 37.1 Å². The van der Waals surface area contributed by atoms with Crippen LogP contribution in [0, 0.1) is 12.7 Å². The lowest BCUT2D eigenvalue weighted by Gasteiger charge is -2.21. The van der Waals surface area contributed by atoms with Gasteiger partial charge in [-0.3, -0.25) is 4.98 Å². The second-order valence-corrected chi connectivity index (χ2v) is 4.67. The number of methoxy groups -OCH3 is 1. The third kappa shape index (κ3) is 2.99. The van der Waals surface area contributed by atoms with Crippen LogP contribution in [0.4, 0.5) is 15.8 Å². The number of nitrogens with two attached hydrogens (primary N) is 1. The molecule has 1 aromatic carbocycles. The van der Waals surface area contributed by atoms with E-state index in [0.717, 1.165) is 11.4 Å². The molecule has 0 saturated carbocycles. The molecule has 0 spiro atoms. The van der Waals surface area contributed by atoms with Crippen molar-refractivity contribution >= 4 is 11.4 Å². The molecule has 0 radical (unpaired) electrons. The maximum atomic E-state index is 13.5. The van der Waals surface area contributed by atoms with E-state index in [0.29, 0.717) is 17.9 Å². The highest BCUT2D eigenvalue weighted by Gasteiger charge is 2.12. The number of hydrogen-bond donors (Lipinski definition) is 1. The lowest BCUT2D eigenvalue weighted by atomic mass is 10.2. The quantitative estimate of drug-likeness (QED) is 0.872. The number of halogens is 1. The Hall–Kier alpha value is -2.30. The van der Waals surface area contributed by atoms with E-state index in [2.05, 4.69) is 4.98 Å². The Balaban J connectivity index is 2.27. The first-order valence-electron chi connectivity index (χ1n) is 6.28. The minimum atomic E-state index is -0.462. The molecule has 4 nitrogen and oxygen atoms in total. The highest BCUT2D eigenvalue weighted by molar-refractivity contribution is 5.69. The van der Waals surface area contributed by atoms with Gasteiger partial charge in [-0.2, -0.15) is 0 Å². The number of nitrogen functional groups attached to an aromatic ring is 1. The van der Waals surface area contributed by atoms with Crippen LogP contribution in [0.3, 0.4) is 0 Å². The van der Waals surface area contributed by atoms with Crippen LogP contribution in [-0.2, 0) is 6.54 Å². The van der Waals surface area contributed by atoms with E-state index in [4.69, 9.17) is 10.5 Å². The molecule has 0 fully saturated rings. The Bertz CT molecular complexity index is 616. The van der Waals surface area contributed by atoms with Crippen molar-refractivity contribution in [1.82, 2.24) is 4.98 Å². The van der Waals surface area contributed by atoms with Gasteiger partial charge >= 0.3 is 0 Å². The molecular formula is C15H18FN3O. The summed E-state index contributed by atoms with van der Waals surface area (Å²) in [5.41, 5.74) is 8.84. The smallest absolute Gasteiger partial charge is 0.167 e. The zero-order valence-corrected chi connectivity index (χ0v) is 11.9. The van der Waals surface area contributed by atoms with Gasteiger partial charge in [0.1, 0.15) is 0 Å². The Kier molecular flexibility index (Phi) is 4.08. The molecule has 0 aliphatic heterocycles. The molecule has 5 heteroatoms. The first-order valence-corrected chi connectivity index (χ1v) is 6.28. The van der Waals surface area contributed by atoms with Crippen molar-refractivity contribution in [2.24, 2.45) is 0 Å². The summed E-state index contributed by atoms with van der Waals surface area (Å²) in [7, 11) is 3.31. The fraction of sp³-hybridized carbons (Fsp3) is 0.267. The Morgan fingerprint density at radius 3 is 2.75 bits per heavy atom. The maximum absolute atomic E-state index is 13.5. The molecular weight excluding hydrogens is 257 g/mol. The predicted molar refractivity (Wildman–Crippen MR) is 78.4 cm³/mol. The average Bonchev–Trinajstić information content (AvgIpc) is 2.38. The molecule has 0 bridgehead atoms. The SMILES string of the molecule is COc1cc(N(C)Cc2cccc(C)n2)c(N)cc1F. The summed E-state index contributed by atoms with van der Waals surface area (Å²) < 4.78 is 18.5. The summed E-state index contributed by atoms with van der Waals surface area (Å²) in [6.07, 6.45) is 0. The third-order valence-corrected chi connectivity index (χ3v) is 3.06. The van der Waals surface area contributed by atoms with Crippen LogP contribution in [-0.4, -0.2) is 19.1 Å². The Morgan fingerprint density at radius 2 is 2.10 bits per heavy atom. The lowest BCUT2D eigenvalue weighted by molar-refractivity contribution is 0.387. The zero-order chi connectivity index (χ0) is 14.7. The van der Waals surface area contributed by atoms with Crippen LogP contribution in [0.2, 0.25) is 0 Å². The molecule has 0 aliphatic rings. The zero-order valence-electron chi connectivity index (χ0n) is 11.9. The summed E-state index contributed by atoms with van der Waals surface area (Å²) in [5, 5.41) is 0. The maximum Gasteiger partial charge on any atom is 0.167 e. The van der Waals surface area contributed by atoms with Crippen molar-refractivity contribution in [2.75, 3.05) is 24.8 Å². The molecule has 2 rings (SSSR count). The summed E-state index contributed by atoms with van der Waals surface area (Å²) in [5.74, 6) is -0.283. The standard InChI is InChI=1S/C15H18FN3O/c1-10-5-4-6-11(18-10)9-19(2)14-8-15(20-3)12(16)7-13(14)17/h4-8H,9,17H2,1-3H3.